The van der Waals surface area contributed by atoms with Gasteiger partial charge in [-0.25, -0.2) is 4.39 Å². The van der Waals surface area contributed by atoms with E-state index in [-0.39, 0.29) is 43.0 Å². The van der Waals surface area contributed by atoms with Crippen LogP contribution in [0, 0.1) is 5.82 Å². The molecule has 2 rings (SSSR count). The fourth-order valence-electron chi connectivity index (χ4n) is 2.61. The molecule has 0 unspecified atom stereocenters. The number of carbonyl (C=O) groups is 2. The van der Waals surface area contributed by atoms with E-state index in [0.29, 0.717) is 25.2 Å². The molecule has 0 spiro atoms. The molecule has 0 saturated carbocycles. The summed E-state index contributed by atoms with van der Waals surface area (Å²) in [4.78, 5) is 26.0. The van der Waals surface area contributed by atoms with Gasteiger partial charge in [-0.3, -0.25) is 9.59 Å². The maximum Gasteiger partial charge on any atom is 0.242 e. The molecule has 2 aromatic carbocycles. The number of carbonyl (C=O) groups excluding carboxylic acids is 2. The number of nitrogens with two attached hydrogens (primary N) is 1. The number of amides is 2. The molecule has 0 saturated heterocycles. The van der Waals surface area contributed by atoms with Gasteiger partial charge in [0.15, 0.2) is 0 Å². The lowest BCUT2D eigenvalue weighted by molar-refractivity contribution is -0.132. The van der Waals surface area contributed by atoms with Gasteiger partial charge in [-0.1, -0.05) is 42.5 Å². The highest BCUT2D eigenvalue weighted by molar-refractivity contribution is 5.86. The van der Waals surface area contributed by atoms with E-state index in [9.17, 15) is 14.0 Å². The van der Waals surface area contributed by atoms with Crippen molar-refractivity contribution in [3.63, 3.8) is 0 Å². The van der Waals surface area contributed by atoms with Crippen LogP contribution in [0.15, 0.2) is 54.6 Å². The van der Waals surface area contributed by atoms with Gasteiger partial charge in [0.1, 0.15) is 5.82 Å². The Labute approximate surface area is 165 Å². The largest absolute Gasteiger partial charge is 0.347 e. The molecule has 0 aliphatic carbocycles. The van der Waals surface area contributed by atoms with Crippen molar-refractivity contribution in [3.05, 3.63) is 71.5 Å². The predicted octanol–water partition coefficient (Wildman–Crippen LogP) is 1.94. The zero-order valence-corrected chi connectivity index (χ0v) is 15.9. The third-order valence-electron chi connectivity index (χ3n) is 3.96. The molecule has 7 heteroatoms. The lowest BCUT2D eigenvalue weighted by Crippen LogP contribution is -2.43. The lowest BCUT2D eigenvalue weighted by Gasteiger charge is -2.22. The number of rotatable bonds is 9. The van der Waals surface area contributed by atoms with Crippen LogP contribution in [0.1, 0.15) is 11.1 Å². The van der Waals surface area contributed by atoms with Gasteiger partial charge in [0.25, 0.3) is 0 Å². The van der Waals surface area contributed by atoms with Crippen LogP contribution in [-0.4, -0.2) is 42.9 Å². The van der Waals surface area contributed by atoms with E-state index in [1.54, 1.807) is 17.0 Å². The van der Waals surface area contributed by atoms with Crippen LogP contribution in [0.25, 0.3) is 0 Å². The van der Waals surface area contributed by atoms with Crippen molar-refractivity contribution in [1.29, 1.82) is 0 Å². The fraction of sp³-hybridized carbons (Fsp3) is 0.300. The van der Waals surface area contributed by atoms with E-state index < -0.39 is 0 Å². The number of nitrogens with zero attached hydrogens (tertiary/aromatic N) is 1. The van der Waals surface area contributed by atoms with Crippen molar-refractivity contribution in [3.8, 4) is 0 Å². The Hall–Kier alpha value is -2.44. The average Bonchev–Trinajstić information content (AvgIpc) is 2.64. The summed E-state index contributed by atoms with van der Waals surface area (Å²) in [6.07, 6.45) is 0.760. The van der Waals surface area contributed by atoms with Gasteiger partial charge in [-0.15, -0.1) is 12.4 Å². The zero-order chi connectivity index (χ0) is 18.8. The van der Waals surface area contributed by atoms with Crippen molar-refractivity contribution in [2.45, 2.75) is 12.8 Å². The summed E-state index contributed by atoms with van der Waals surface area (Å²) in [5.74, 6) is -0.889. The second-order valence-electron chi connectivity index (χ2n) is 5.99. The number of nitrogens with one attached hydrogen (secondary N) is 1. The normalized spacial score (nSPS) is 10.0. The first-order chi connectivity index (χ1) is 12.6. The van der Waals surface area contributed by atoms with E-state index in [0.717, 1.165) is 12.0 Å². The molecule has 5 nitrogen and oxygen atoms in total. The molecule has 146 valence electrons. The molecular weight excluding hydrogens is 369 g/mol. The zero-order valence-electron chi connectivity index (χ0n) is 15.1. The molecule has 27 heavy (non-hydrogen) atoms. The Bertz CT molecular complexity index is 728. The Morgan fingerprint density at radius 3 is 2.37 bits per heavy atom. The molecule has 0 atom stereocenters. The smallest absolute Gasteiger partial charge is 0.242 e. The Kier molecular flexibility index (Phi) is 10.1. The molecular formula is C20H25ClFN3O2. The van der Waals surface area contributed by atoms with Gasteiger partial charge < -0.3 is 16.0 Å². The molecule has 0 aliphatic rings. The standard InChI is InChI=1S/C20H24FN3O2.ClH/c21-18-8-4-7-17(13-18)14-19(25)23-15-20(26)24(12-10-22)11-9-16-5-2-1-3-6-16;/h1-8,13H,9-12,14-15,22H2,(H,23,25);1H. The van der Waals surface area contributed by atoms with Gasteiger partial charge >= 0.3 is 0 Å². The average molecular weight is 394 g/mol. The van der Waals surface area contributed by atoms with Crippen molar-refractivity contribution in [2.75, 3.05) is 26.2 Å². The molecule has 0 aromatic heterocycles. The summed E-state index contributed by atoms with van der Waals surface area (Å²) in [7, 11) is 0. The second-order valence-corrected chi connectivity index (χ2v) is 5.99. The molecule has 0 heterocycles. The lowest BCUT2D eigenvalue weighted by atomic mass is 10.1. The minimum absolute atomic E-state index is 0. The molecule has 2 aromatic rings. The monoisotopic (exact) mass is 393 g/mol. The third-order valence-corrected chi connectivity index (χ3v) is 3.96. The van der Waals surface area contributed by atoms with Crippen LogP contribution >= 0.6 is 12.4 Å². The summed E-state index contributed by atoms with van der Waals surface area (Å²) in [5.41, 5.74) is 7.30. The molecule has 0 aliphatic heterocycles. The molecule has 3 N–H and O–H groups in total. The molecule has 0 radical (unpaired) electrons. The van der Waals surface area contributed by atoms with Gasteiger partial charge in [-0.2, -0.15) is 0 Å². The van der Waals surface area contributed by atoms with Crippen LogP contribution in [-0.2, 0) is 22.4 Å². The van der Waals surface area contributed by atoms with E-state index in [2.05, 4.69) is 5.32 Å². The fourth-order valence-corrected chi connectivity index (χ4v) is 2.61. The quantitative estimate of drug-likeness (QED) is 0.683. The van der Waals surface area contributed by atoms with Crippen LogP contribution in [0.5, 0.6) is 0 Å². The topological polar surface area (TPSA) is 75.4 Å². The van der Waals surface area contributed by atoms with E-state index in [1.165, 1.54) is 12.1 Å². The Morgan fingerprint density at radius 2 is 1.70 bits per heavy atom. The van der Waals surface area contributed by atoms with Crippen molar-refractivity contribution >= 4 is 24.2 Å². The van der Waals surface area contributed by atoms with Crippen molar-refractivity contribution in [2.24, 2.45) is 5.73 Å². The molecule has 0 fully saturated rings. The van der Waals surface area contributed by atoms with Crippen LogP contribution < -0.4 is 11.1 Å². The van der Waals surface area contributed by atoms with Crippen LogP contribution in [0.2, 0.25) is 0 Å². The molecule has 0 bridgehead atoms. The van der Waals surface area contributed by atoms with E-state index >= 15 is 0 Å². The number of hydrogen-bond acceptors (Lipinski definition) is 3. The number of benzene rings is 2. The van der Waals surface area contributed by atoms with E-state index in [4.69, 9.17) is 5.73 Å². The number of hydrogen-bond donors (Lipinski definition) is 2. The van der Waals surface area contributed by atoms with Gasteiger partial charge in [0.05, 0.1) is 13.0 Å². The first-order valence-corrected chi connectivity index (χ1v) is 8.61. The first-order valence-electron chi connectivity index (χ1n) is 8.61. The minimum Gasteiger partial charge on any atom is -0.347 e. The third kappa shape index (κ3) is 8.19. The summed E-state index contributed by atoms with van der Waals surface area (Å²) in [5, 5.41) is 2.59. The Morgan fingerprint density at radius 1 is 1.00 bits per heavy atom. The summed E-state index contributed by atoms with van der Waals surface area (Å²) >= 11 is 0. The first kappa shape index (κ1) is 22.6. The summed E-state index contributed by atoms with van der Waals surface area (Å²) in [6, 6.07) is 15.7. The minimum atomic E-state index is -0.388. The van der Waals surface area contributed by atoms with E-state index in [1.807, 2.05) is 30.3 Å². The second kappa shape index (κ2) is 12.0. The highest BCUT2D eigenvalue weighted by Crippen LogP contribution is 2.04. The van der Waals surface area contributed by atoms with Gasteiger partial charge in [-0.05, 0) is 29.7 Å². The molecule has 2 amide bonds. The van der Waals surface area contributed by atoms with Gasteiger partial charge in [0.2, 0.25) is 11.8 Å². The Balaban J connectivity index is 0.00000364. The van der Waals surface area contributed by atoms with Gasteiger partial charge in [0, 0.05) is 19.6 Å². The van der Waals surface area contributed by atoms with Crippen molar-refractivity contribution in [1.82, 2.24) is 10.2 Å². The van der Waals surface area contributed by atoms with Crippen LogP contribution in [0.3, 0.4) is 0 Å². The maximum atomic E-state index is 13.1. The predicted molar refractivity (Wildman–Crippen MR) is 106 cm³/mol. The summed E-state index contributed by atoms with van der Waals surface area (Å²) in [6.45, 7) is 1.24. The SMILES string of the molecule is Cl.NCCN(CCc1ccccc1)C(=O)CNC(=O)Cc1cccc(F)c1. The number of halogens is 2. The highest BCUT2D eigenvalue weighted by atomic mass is 35.5. The van der Waals surface area contributed by atoms with Crippen LogP contribution in [0.4, 0.5) is 4.39 Å². The highest BCUT2D eigenvalue weighted by Gasteiger charge is 2.14. The van der Waals surface area contributed by atoms with Crippen molar-refractivity contribution < 1.29 is 14.0 Å². The summed E-state index contributed by atoms with van der Waals surface area (Å²) < 4.78 is 13.1. The maximum absolute atomic E-state index is 13.1.